The van der Waals surface area contributed by atoms with Gasteiger partial charge in [0.25, 0.3) is 0 Å². The molecule has 2 heterocycles. The van der Waals surface area contributed by atoms with Gasteiger partial charge < -0.3 is 14.6 Å². The zero-order valence-electron chi connectivity index (χ0n) is 23.4. The first kappa shape index (κ1) is 27.5. The zero-order chi connectivity index (χ0) is 28.4. The number of hydrogen-bond acceptors (Lipinski definition) is 4. The fraction of sp³-hybridized carbons (Fsp3) is 0.303. The first-order valence-corrected chi connectivity index (χ1v) is 13.5. The van der Waals surface area contributed by atoms with Crippen LogP contribution in [0.1, 0.15) is 60.8 Å². The SMILES string of the molecule is COCC(C)(C)c1c(-c2ccc(C(=O)CCCNC(C)=O)cc2)c2cc3c(cc2n1-c1ccc(F)cc1)C=NC3. The van der Waals surface area contributed by atoms with Crippen LogP contribution in [0.15, 0.2) is 65.7 Å². The summed E-state index contributed by atoms with van der Waals surface area (Å²) in [6.45, 7) is 7.36. The molecular formula is C33H34FN3O3. The highest BCUT2D eigenvalue weighted by atomic mass is 19.1. The molecule has 1 amide bonds. The molecule has 0 radical (unpaired) electrons. The highest BCUT2D eigenvalue weighted by Crippen LogP contribution is 2.44. The lowest BCUT2D eigenvalue weighted by Gasteiger charge is -2.28. The summed E-state index contributed by atoms with van der Waals surface area (Å²) in [5, 5.41) is 3.81. The maximum absolute atomic E-state index is 14.0. The standard InChI is InChI=1S/C33H34FN3O3/c1-21(38)36-15-5-6-30(39)22-7-9-23(10-8-22)31-28-16-24-18-35-19-25(24)17-29(28)37(27-13-11-26(34)12-14-27)32(31)33(2,3)20-40-4/h7-14,16-17,19H,5-6,15,18,20H2,1-4H3,(H,36,38). The van der Waals surface area contributed by atoms with Crippen molar-refractivity contribution in [2.24, 2.45) is 4.99 Å². The van der Waals surface area contributed by atoms with Crippen molar-refractivity contribution in [3.05, 3.63) is 88.9 Å². The van der Waals surface area contributed by atoms with Gasteiger partial charge in [0.15, 0.2) is 5.78 Å². The highest BCUT2D eigenvalue weighted by Gasteiger charge is 2.32. The first-order valence-electron chi connectivity index (χ1n) is 13.5. The van der Waals surface area contributed by atoms with E-state index < -0.39 is 5.41 Å². The molecule has 0 spiro atoms. The number of fused-ring (bicyclic) bond motifs is 2. The van der Waals surface area contributed by atoms with E-state index in [0.29, 0.717) is 38.1 Å². The molecule has 0 bridgehead atoms. The topological polar surface area (TPSA) is 72.7 Å². The number of ether oxygens (including phenoxy) is 1. The number of carbonyl (C=O) groups is 2. The second-order valence-corrected chi connectivity index (χ2v) is 11.0. The van der Waals surface area contributed by atoms with E-state index in [9.17, 15) is 14.0 Å². The van der Waals surface area contributed by atoms with E-state index in [-0.39, 0.29) is 17.5 Å². The Bertz CT molecular complexity index is 1600. The molecule has 206 valence electrons. The van der Waals surface area contributed by atoms with Crippen molar-refractivity contribution in [2.45, 2.75) is 45.6 Å². The summed E-state index contributed by atoms with van der Waals surface area (Å²) in [5.74, 6) is -0.343. The molecule has 1 aromatic heterocycles. The molecule has 7 heteroatoms. The van der Waals surface area contributed by atoms with Crippen LogP contribution in [0.3, 0.4) is 0 Å². The van der Waals surface area contributed by atoms with Crippen molar-refractivity contribution in [2.75, 3.05) is 20.3 Å². The molecular weight excluding hydrogens is 505 g/mol. The summed E-state index contributed by atoms with van der Waals surface area (Å²) in [7, 11) is 1.70. The van der Waals surface area contributed by atoms with Gasteiger partial charge in [-0.3, -0.25) is 14.6 Å². The second-order valence-electron chi connectivity index (χ2n) is 11.0. The maximum atomic E-state index is 14.0. The molecule has 0 aliphatic carbocycles. The number of carbonyl (C=O) groups excluding carboxylic acids is 2. The number of Topliss-reactive ketones (excluding diaryl/α,β-unsaturated/α-hetero) is 1. The predicted molar refractivity (Wildman–Crippen MR) is 157 cm³/mol. The van der Waals surface area contributed by atoms with Crippen LogP contribution in [0, 0.1) is 5.82 Å². The Labute approximate surface area is 233 Å². The number of amides is 1. The Morgan fingerprint density at radius 2 is 1.80 bits per heavy atom. The summed E-state index contributed by atoms with van der Waals surface area (Å²) >= 11 is 0. The summed E-state index contributed by atoms with van der Waals surface area (Å²) < 4.78 is 21.9. The van der Waals surface area contributed by atoms with Crippen LogP contribution in [0.25, 0.3) is 27.7 Å². The fourth-order valence-corrected chi connectivity index (χ4v) is 5.60. The van der Waals surface area contributed by atoms with Crippen molar-refractivity contribution in [3.8, 4) is 16.8 Å². The van der Waals surface area contributed by atoms with Crippen LogP contribution in [0.5, 0.6) is 0 Å². The monoisotopic (exact) mass is 539 g/mol. The van der Waals surface area contributed by atoms with E-state index in [1.54, 1.807) is 19.2 Å². The molecule has 3 aromatic carbocycles. The van der Waals surface area contributed by atoms with Gasteiger partial charge in [-0.25, -0.2) is 4.39 Å². The third-order valence-corrected chi connectivity index (χ3v) is 7.40. The van der Waals surface area contributed by atoms with E-state index in [4.69, 9.17) is 4.74 Å². The van der Waals surface area contributed by atoms with Gasteiger partial charge in [0.1, 0.15) is 5.82 Å². The summed E-state index contributed by atoms with van der Waals surface area (Å²) in [6, 6.07) is 18.7. The lowest BCUT2D eigenvalue weighted by molar-refractivity contribution is -0.118. The van der Waals surface area contributed by atoms with Crippen molar-refractivity contribution < 1.29 is 18.7 Å². The van der Waals surface area contributed by atoms with Gasteiger partial charge in [-0.15, -0.1) is 0 Å². The van der Waals surface area contributed by atoms with Gasteiger partial charge in [-0.1, -0.05) is 38.1 Å². The molecule has 6 nitrogen and oxygen atoms in total. The van der Waals surface area contributed by atoms with Crippen molar-refractivity contribution >= 4 is 28.8 Å². The number of aliphatic imine (C=N–C) groups is 1. The number of nitrogens with one attached hydrogen (secondary N) is 1. The Morgan fingerprint density at radius 3 is 2.48 bits per heavy atom. The third-order valence-electron chi connectivity index (χ3n) is 7.40. The van der Waals surface area contributed by atoms with E-state index in [1.807, 2.05) is 30.5 Å². The lowest BCUT2D eigenvalue weighted by atomic mass is 9.84. The number of rotatable bonds is 10. The van der Waals surface area contributed by atoms with Crippen LogP contribution >= 0.6 is 0 Å². The molecule has 1 aliphatic rings. The summed E-state index contributed by atoms with van der Waals surface area (Å²) in [5.41, 5.74) is 7.42. The number of ketones is 1. The largest absolute Gasteiger partial charge is 0.384 e. The Kier molecular flexibility index (Phi) is 7.68. The van der Waals surface area contributed by atoms with E-state index in [1.165, 1.54) is 19.1 Å². The van der Waals surface area contributed by atoms with Gasteiger partial charge in [-0.05, 0) is 59.5 Å². The van der Waals surface area contributed by atoms with Crippen LogP contribution in [-0.2, 0) is 21.5 Å². The van der Waals surface area contributed by atoms with Crippen molar-refractivity contribution in [3.63, 3.8) is 0 Å². The number of hydrogen-bond donors (Lipinski definition) is 1. The van der Waals surface area contributed by atoms with Crippen LogP contribution in [-0.4, -0.2) is 42.7 Å². The Balaban J connectivity index is 1.66. The fourth-order valence-electron chi connectivity index (χ4n) is 5.60. The second kappa shape index (κ2) is 11.2. The minimum atomic E-state index is -0.409. The van der Waals surface area contributed by atoms with Gasteiger partial charge in [-0.2, -0.15) is 0 Å². The number of nitrogens with zero attached hydrogens (tertiary/aromatic N) is 2. The van der Waals surface area contributed by atoms with Crippen molar-refractivity contribution in [1.29, 1.82) is 0 Å². The van der Waals surface area contributed by atoms with Gasteiger partial charge >= 0.3 is 0 Å². The number of aromatic nitrogens is 1. The van der Waals surface area contributed by atoms with E-state index in [0.717, 1.165) is 44.5 Å². The Morgan fingerprint density at radius 1 is 1.07 bits per heavy atom. The maximum Gasteiger partial charge on any atom is 0.216 e. The molecule has 1 N–H and O–H groups in total. The summed E-state index contributed by atoms with van der Waals surface area (Å²) in [6.07, 6.45) is 2.86. The molecule has 0 saturated carbocycles. The average Bonchev–Trinajstić information content (AvgIpc) is 3.52. The molecule has 0 fully saturated rings. The van der Waals surface area contributed by atoms with Crippen molar-refractivity contribution in [1.82, 2.24) is 9.88 Å². The molecule has 5 rings (SSSR count). The number of benzene rings is 3. The average molecular weight is 540 g/mol. The minimum absolute atomic E-state index is 0.0422. The molecule has 40 heavy (non-hydrogen) atoms. The van der Waals surface area contributed by atoms with Crippen LogP contribution in [0.4, 0.5) is 4.39 Å². The predicted octanol–water partition coefficient (Wildman–Crippen LogP) is 6.39. The molecule has 4 aromatic rings. The number of halogens is 1. The molecule has 0 saturated heterocycles. The lowest BCUT2D eigenvalue weighted by Crippen LogP contribution is -2.27. The third kappa shape index (κ3) is 5.34. The van der Waals surface area contributed by atoms with Gasteiger partial charge in [0, 0.05) is 66.5 Å². The quantitative estimate of drug-likeness (QED) is 0.187. The number of methoxy groups -OCH3 is 1. The Hall–Kier alpha value is -4.10. The molecule has 1 aliphatic heterocycles. The highest BCUT2D eigenvalue weighted by molar-refractivity contribution is 6.04. The van der Waals surface area contributed by atoms with Crippen LogP contribution in [0.2, 0.25) is 0 Å². The molecule has 0 atom stereocenters. The first-order chi connectivity index (χ1) is 19.2. The minimum Gasteiger partial charge on any atom is -0.384 e. The zero-order valence-corrected chi connectivity index (χ0v) is 23.4. The van der Waals surface area contributed by atoms with E-state index in [2.05, 4.69) is 40.9 Å². The van der Waals surface area contributed by atoms with E-state index >= 15 is 0 Å². The summed E-state index contributed by atoms with van der Waals surface area (Å²) in [4.78, 5) is 28.4. The molecule has 0 unspecified atom stereocenters. The van der Waals surface area contributed by atoms with Gasteiger partial charge in [0.05, 0.1) is 18.7 Å². The van der Waals surface area contributed by atoms with Gasteiger partial charge in [0.2, 0.25) is 5.91 Å². The van der Waals surface area contributed by atoms with Crippen LogP contribution < -0.4 is 5.32 Å². The smallest absolute Gasteiger partial charge is 0.216 e. The normalized spacial score (nSPS) is 12.6.